The summed E-state index contributed by atoms with van der Waals surface area (Å²) in [7, 11) is 0. The van der Waals surface area contributed by atoms with Crippen LogP contribution >= 0.6 is 11.6 Å². The van der Waals surface area contributed by atoms with E-state index < -0.39 is 0 Å². The maximum Gasteiger partial charge on any atom is 0.0550 e. The monoisotopic (exact) mass is 356 g/mol. The predicted molar refractivity (Wildman–Crippen MR) is 112 cm³/mol. The predicted octanol–water partition coefficient (Wildman–Crippen LogP) is 6.01. The van der Waals surface area contributed by atoms with Crippen LogP contribution in [-0.2, 0) is 0 Å². The molecule has 3 rings (SSSR count). The van der Waals surface area contributed by atoms with Gasteiger partial charge in [0.05, 0.1) is 5.71 Å². The van der Waals surface area contributed by atoms with Crippen molar-refractivity contribution in [2.45, 2.75) is 39.5 Å². The van der Waals surface area contributed by atoms with Gasteiger partial charge in [-0.25, -0.2) is 0 Å². The van der Waals surface area contributed by atoms with Crippen molar-refractivity contribution in [3.05, 3.63) is 64.9 Å². The van der Waals surface area contributed by atoms with Gasteiger partial charge in [-0.2, -0.15) is 0 Å². The van der Waals surface area contributed by atoms with E-state index in [0.717, 1.165) is 23.8 Å². The molecule has 0 saturated carbocycles. The number of piperidine rings is 1. The summed E-state index contributed by atoms with van der Waals surface area (Å²) in [6.07, 6.45) is 10.5. The van der Waals surface area contributed by atoms with Crippen LogP contribution in [0.3, 0.4) is 0 Å². The van der Waals surface area contributed by atoms with Crippen LogP contribution in [0.15, 0.2) is 53.7 Å². The summed E-state index contributed by atoms with van der Waals surface area (Å²) in [5, 5.41) is 4.24. The second-order valence-corrected chi connectivity index (χ2v) is 6.55. The second-order valence-electron chi connectivity index (χ2n) is 6.11. The van der Waals surface area contributed by atoms with Gasteiger partial charge in [-0.05, 0) is 67.6 Å². The first-order valence-corrected chi connectivity index (χ1v) is 9.66. The number of halogens is 1. The van der Waals surface area contributed by atoms with E-state index in [-0.39, 0.29) is 0 Å². The van der Waals surface area contributed by atoms with Gasteiger partial charge in [-0.15, -0.1) is 0 Å². The van der Waals surface area contributed by atoms with Crippen LogP contribution in [-0.4, -0.2) is 18.8 Å². The zero-order valence-corrected chi connectivity index (χ0v) is 16.3. The molecule has 25 heavy (non-hydrogen) atoms. The first kappa shape index (κ1) is 19.7. The fourth-order valence-electron chi connectivity index (χ4n) is 3.72. The number of hydrogen-bond donors (Lipinski definition) is 1. The van der Waals surface area contributed by atoms with Crippen molar-refractivity contribution in [2.24, 2.45) is 10.9 Å². The number of allylic oxidation sites excluding steroid dienone is 3. The fraction of sp³-hybridized carbons (Fsp3) is 0.409. The summed E-state index contributed by atoms with van der Waals surface area (Å²) in [6, 6.07) is 6.23. The van der Waals surface area contributed by atoms with Gasteiger partial charge in [0.2, 0.25) is 0 Å². The molecule has 1 atom stereocenters. The molecule has 1 unspecified atom stereocenters. The molecular formula is C22H29ClN2. The van der Waals surface area contributed by atoms with E-state index in [1.54, 1.807) is 6.20 Å². The van der Waals surface area contributed by atoms with Crippen molar-refractivity contribution in [1.29, 1.82) is 0 Å². The van der Waals surface area contributed by atoms with Gasteiger partial charge < -0.3 is 5.32 Å². The largest absolute Gasteiger partial charge is 0.317 e. The average Bonchev–Trinajstić information content (AvgIpc) is 2.81. The van der Waals surface area contributed by atoms with E-state index in [1.165, 1.54) is 29.5 Å². The Balaban J connectivity index is 0.00000109. The third kappa shape index (κ3) is 4.50. The van der Waals surface area contributed by atoms with Crippen molar-refractivity contribution in [2.75, 3.05) is 13.1 Å². The van der Waals surface area contributed by atoms with Crippen LogP contribution in [0.25, 0.3) is 6.08 Å². The Bertz CT molecular complexity index is 679. The van der Waals surface area contributed by atoms with Crippen LogP contribution in [0.2, 0.25) is 5.02 Å². The topological polar surface area (TPSA) is 24.4 Å². The van der Waals surface area contributed by atoms with Gasteiger partial charge in [0, 0.05) is 17.1 Å². The van der Waals surface area contributed by atoms with Gasteiger partial charge in [-0.1, -0.05) is 56.3 Å². The molecule has 134 valence electrons. The lowest BCUT2D eigenvalue weighted by molar-refractivity contribution is 0.357. The number of fused-ring (bicyclic) bond motifs is 1. The third-order valence-electron chi connectivity index (χ3n) is 4.81. The molecule has 1 aliphatic heterocycles. The third-order valence-corrected chi connectivity index (χ3v) is 5.05. The highest BCUT2D eigenvalue weighted by atomic mass is 35.5. The average molecular weight is 357 g/mol. The van der Waals surface area contributed by atoms with E-state index in [4.69, 9.17) is 11.6 Å². The fourth-order valence-corrected chi connectivity index (χ4v) is 3.90. The van der Waals surface area contributed by atoms with Gasteiger partial charge >= 0.3 is 0 Å². The SMILES string of the molecule is C=CN=C1/C(=C\C)C=Cc2cc(Cl)ccc2C1C1CCNCC1.CC. The Kier molecular flexibility index (Phi) is 7.67. The van der Waals surface area contributed by atoms with Crippen LogP contribution in [0, 0.1) is 5.92 Å². The molecule has 1 aromatic carbocycles. The molecule has 2 nitrogen and oxygen atoms in total. The van der Waals surface area contributed by atoms with Gasteiger partial charge in [0.15, 0.2) is 0 Å². The highest BCUT2D eigenvalue weighted by Crippen LogP contribution is 2.39. The van der Waals surface area contributed by atoms with Gasteiger partial charge in [0.25, 0.3) is 0 Å². The summed E-state index contributed by atoms with van der Waals surface area (Å²) < 4.78 is 0. The summed E-state index contributed by atoms with van der Waals surface area (Å²) in [4.78, 5) is 4.68. The molecule has 0 bridgehead atoms. The molecule has 0 aromatic heterocycles. The maximum absolute atomic E-state index is 6.23. The van der Waals surface area contributed by atoms with Crippen molar-refractivity contribution < 1.29 is 0 Å². The summed E-state index contributed by atoms with van der Waals surface area (Å²) >= 11 is 6.23. The van der Waals surface area contributed by atoms with Crippen LogP contribution in [0.1, 0.15) is 50.7 Å². The first-order chi connectivity index (χ1) is 12.2. The normalized spacial score (nSPS) is 23.6. The molecule has 1 aromatic rings. The molecule has 0 amide bonds. The van der Waals surface area contributed by atoms with Crippen LogP contribution in [0.5, 0.6) is 0 Å². The zero-order valence-electron chi connectivity index (χ0n) is 15.6. The van der Waals surface area contributed by atoms with E-state index in [2.05, 4.69) is 54.2 Å². The molecule has 0 radical (unpaired) electrons. The number of nitrogens with zero attached hydrogens (tertiary/aromatic N) is 1. The van der Waals surface area contributed by atoms with E-state index >= 15 is 0 Å². The van der Waals surface area contributed by atoms with Crippen molar-refractivity contribution in [3.63, 3.8) is 0 Å². The van der Waals surface area contributed by atoms with Crippen LogP contribution < -0.4 is 5.32 Å². The number of nitrogens with one attached hydrogen (secondary N) is 1. The highest BCUT2D eigenvalue weighted by Gasteiger charge is 2.32. The van der Waals surface area contributed by atoms with Gasteiger partial charge in [-0.3, -0.25) is 4.99 Å². The summed E-state index contributed by atoms with van der Waals surface area (Å²) in [6.45, 7) is 12.0. The van der Waals surface area contributed by atoms with Crippen molar-refractivity contribution >= 4 is 23.4 Å². The zero-order chi connectivity index (χ0) is 18.2. The molecular weight excluding hydrogens is 328 g/mol. The molecule has 1 saturated heterocycles. The Morgan fingerprint density at radius 2 is 1.92 bits per heavy atom. The lowest BCUT2D eigenvalue weighted by Crippen LogP contribution is -2.34. The minimum Gasteiger partial charge on any atom is -0.317 e. The first-order valence-electron chi connectivity index (χ1n) is 9.28. The van der Waals surface area contributed by atoms with Crippen molar-refractivity contribution in [1.82, 2.24) is 5.32 Å². The molecule has 2 aliphatic rings. The van der Waals surface area contributed by atoms with Crippen LogP contribution in [0.4, 0.5) is 0 Å². The maximum atomic E-state index is 6.23. The highest BCUT2D eigenvalue weighted by molar-refractivity contribution is 6.30. The van der Waals surface area contributed by atoms with E-state index in [9.17, 15) is 0 Å². The Hall–Kier alpha value is -1.64. The molecule has 1 aliphatic carbocycles. The Morgan fingerprint density at radius 3 is 2.56 bits per heavy atom. The van der Waals surface area contributed by atoms with E-state index in [1.807, 2.05) is 19.9 Å². The molecule has 3 heteroatoms. The quantitative estimate of drug-likeness (QED) is 0.689. The Labute approximate surface area is 157 Å². The summed E-state index contributed by atoms with van der Waals surface area (Å²) in [5.74, 6) is 0.883. The number of benzene rings is 1. The van der Waals surface area contributed by atoms with E-state index in [0.29, 0.717) is 11.8 Å². The number of hydrogen-bond acceptors (Lipinski definition) is 2. The van der Waals surface area contributed by atoms with Crippen molar-refractivity contribution in [3.8, 4) is 0 Å². The molecule has 1 heterocycles. The number of aliphatic imine (C=N–C) groups is 1. The van der Waals surface area contributed by atoms with Gasteiger partial charge in [0.1, 0.15) is 0 Å². The molecule has 0 spiro atoms. The Morgan fingerprint density at radius 1 is 1.20 bits per heavy atom. The smallest absolute Gasteiger partial charge is 0.0550 e. The second kappa shape index (κ2) is 9.74. The lowest BCUT2D eigenvalue weighted by Gasteiger charge is -2.32. The number of rotatable bonds is 2. The molecule has 1 fully saturated rings. The lowest BCUT2D eigenvalue weighted by atomic mass is 9.75. The summed E-state index contributed by atoms with van der Waals surface area (Å²) in [5.41, 5.74) is 4.84. The standard InChI is InChI=1S/C20H23ClN2.C2H6/c1-3-14-5-6-16-13-17(21)7-8-18(16)19(20(14)23-4-2)15-9-11-22-12-10-15;1-2/h3-8,13,15,19,22H,2,9-12H2,1H3;1-2H3/b14-3-,23-20?;. The minimum absolute atomic E-state index is 0.295. The minimum atomic E-state index is 0.295. The molecule has 1 N–H and O–H groups in total.